The fraction of sp³-hybridized carbons (Fsp3) is 0.0769. The number of aryl methyl sites for hydroxylation is 2. The minimum absolute atomic E-state index is 0.974. The van der Waals surface area contributed by atoms with E-state index in [1.807, 2.05) is 0 Å². The van der Waals surface area contributed by atoms with Gasteiger partial charge in [-0.25, -0.2) is 0 Å². The lowest BCUT2D eigenvalue weighted by molar-refractivity contribution is 1.12. The van der Waals surface area contributed by atoms with E-state index in [9.17, 15) is 0 Å². The molecule has 0 atom stereocenters. The van der Waals surface area contributed by atoms with E-state index in [0.29, 0.717) is 0 Å². The predicted molar refractivity (Wildman–Crippen MR) is 175 cm³/mol. The molecule has 0 amide bonds. The first-order chi connectivity index (χ1) is 20.2. The zero-order chi connectivity index (χ0) is 27.5. The molecule has 2 aromatic heterocycles. The van der Waals surface area contributed by atoms with E-state index in [1.165, 1.54) is 77.2 Å². The molecular weight excluding hydrogens is 496 g/mol. The van der Waals surface area contributed by atoms with Crippen molar-refractivity contribution in [3.63, 3.8) is 0 Å². The lowest BCUT2D eigenvalue weighted by Crippen LogP contribution is -1.99. The number of para-hydroxylation sites is 4. The number of rotatable bonds is 4. The SMILES string of the molecule is CCc1ccc(-n2c3ccccc3c3ccccc32)cc1-c1cc(-n2c3ccccc3c3ccccc32)ccc1C. The van der Waals surface area contributed by atoms with Crippen molar-refractivity contribution in [2.24, 2.45) is 0 Å². The van der Waals surface area contributed by atoms with Crippen LogP contribution in [0.3, 0.4) is 0 Å². The summed E-state index contributed by atoms with van der Waals surface area (Å²) in [6.45, 7) is 4.49. The van der Waals surface area contributed by atoms with Crippen molar-refractivity contribution in [2.45, 2.75) is 20.3 Å². The van der Waals surface area contributed by atoms with Gasteiger partial charge in [0.25, 0.3) is 0 Å². The molecule has 8 rings (SSSR count). The first kappa shape index (κ1) is 23.8. The highest BCUT2D eigenvalue weighted by atomic mass is 15.0. The molecular formula is C39H30N2. The maximum Gasteiger partial charge on any atom is 0.0541 e. The average molecular weight is 527 g/mol. The molecule has 0 saturated carbocycles. The second kappa shape index (κ2) is 9.25. The van der Waals surface area contributed by atoms with Crippen LogP contribution in [0.4, 0.5) is 0 Å². The van der Waals surface area contributed by atoms with Gasteiger partial charge in [0.05, 0.1) is 22.1 Å². The number of fused-ring (bicyclic) bond motifs is 6. The van der Waals surface area contributed by atoms with Crippen molar-refractivity contribution in [2.75, 3.05) is 0 Å². The molecule has 0 bridgehead atoms. The standard InChI is InChI=1S/C39H30N2/c1-3-27-21-23-29(41-38-18-10-6-14-32(38)33-15-7-11-19-39(33)41)25-35(27)34-24-28(22-20-26(34)2)40-36-16-8-4-12-30(36)31-13-5-9-17-37(31)40/h4-25H,3H2,1-2H3. The number of hydrogen-bond donors (Lipinski definition) is 0. The molecule has 8 aromatic rings. The molecule has 0 aliphatic heterocycles. The van der Waals surface area contributed by atoms with Gasteiger partial charge in [-0.3, -0.25) is 0 Å². The van der Waals surface area contributed by atoms with Gasteiger partial charge in [0, 0.05) is 32.9 Å². The molecule has 0 saturated heterocycles. The van der Waals surface area contributed by atoms with E-state index >= 15 is 0 Å². The molecule has 2 nitrogen and oxygen atoms in total. The van der Waals surface area contributed by atoms with Crippen molar-refractivity contribution in [3.8, 4) is 22.5 Å². The maximum atomic E-state index is 2.42. The molecule has 0 aliphatic rings. The molecule has 6 aromatic carbocycles. The first-order valence-corrected chi connectivity index (χ1v) is 14.4. The Balaban J connectivity index is 1.38. The molecule has 0 aliphatic carbocycles. The number of nitrogens with zero attached hydrogens (tertiary/aromatic N) is 2. The summed E-state index contributed by atoms with van der Waals surface area (Å²) in [5.74, 6) is 0. The van der Waals surface area contributed by atoms with Gasteiger partial charge in [-0.2, -0.15) is 0 Å². The third-order valence-corrected chi connectivity index (χ3v) is 8.66. The number of benzene rings is 6. The van der Waals surface area contributed by atoms with E-state index in [1.54, 1.807) is 0 Å². The number of hydrogen-bond acceptors (Lipinski definition) is 0. The highest BCUT2D eigenvalue weighted by Gasteiger charge is 2.17. The Labute approximate surface area is 239 Å². The second-order valence-electron chi connectivity index (χ2n) is 10.9. The Hall–Kier alpha value is -5.08. The molecule has 2 heteroatoms. The molecule has 2 heterocycles. The monoisotopic (exact) mass is 526 g/mol. The maximum absolute atomic E-state index is 2.42. The fourth-order valence-electron chi connectivity index (χ4n) is 6.70. The van der Waals surface area contributed by atoms with Crippen LogP contribution in [-0.2, 0) is 6.42 Å². The van der Waals surface area contributed by atoms with Crippen LogP contribution in [0.5, 0.6) is 0 Å². The van der Waals surface area contributed by atoms with Crippen molar-refractivity contribution < 1.29 is 0 Å². The molecule has 0 unspecified atom stereocenters. The van der Waals surface area contributed by atoms with Crippen LogP contribution in [0, 0.1) is 6.92 Å². The van der Waals surface area contributed by atoms with Crippen LogP contribution in [-0.4, -0.2) is 9.13 Å². The van der Waals surface area contributed by atoms with Gasteiger partial charge >= 0.3 is 0 Å². The molecule has 196 valence electrons. The van der Waals surface area contributed by atoms with Crippen LogP contribution >= 0.6 is 0 Å². The van der Waals surface area contributed by atoms with Gasteiger partial charge in [-0.15, -0.1) is 0 Å². The van der Waals surface area contributed by atoms with Crippen molar-refractivity contribution in [3.05, 3.63) is 145 Å². The third kappa shape index (κ3) is 3.57. The van der Waals surface area contributed by atoms with E-state index in [4.69, 9.17) is 0 Å². The second-order valence-corrected chi connectivity index (χ2v) is 10.9. The van der Waals surface area contributed by atoms with Crippen molar-refractivity contribution in [1.82, 2.24) is 9.13 Å². The summed E-state index contributed by atoms with van der Waals surface area (Å²) < 4.78 is 4.83. The van der Waals surface area contributed by atoms with Gasteiger partial charge in [-0.1, -0.05) is 91.9 Å². The third-order valence-electron chi connectivity index (χ3n) is 8.66. The average Bonchev–Trinajstić information content (AvgIpc) is 3.54. The van der Waals surface area contributed by atoms with Crippen LogP contribution in [0.15, 0.2) is 133 Å². The number of aromatic nitrogens is 2. The van der Waals surface area contributed by atoms with Gasteiger partial charge in [0.2, 0.25) is 0 Å². The normalized spacial score (nSPS) is 11.8. The van der Waals surface area contributed by atoms with E-state index in [2.05, 4.69) is 156 Å². The van der Waals surface area contributed by atoms with E-state index in [0.717, 1.165) is 6.42 Å². The Morgan fingerprint density at radius 2 is 0.829 bits per heavy atom. The molecule has 41 heavy (non-hydrogen) atoms. The molecule has 0 fully saturated rings. The minimum atomic E-state index is 0.974. The van der Waals surface area contributed by atoms with Crippen LogP contribution < -0.4 is 0 Å². The van der Waals surface area contributed by atoms with Crippen LogP contribution in [0.2, 0.25) is 0 Å². The summed E-state index contributed by atoms with van der Waals surface area (Å²) in [5.41, 5.74) is 12.5. The van der Waals surface area contributed by atoms with E-state index in [-0.39, 0.29) is 0 Å². The summed E-state index contributed by atoms with van der Waals surface area (Å²) in [6.07, 6.45) is 0.974. The Morgan fingerprint density at radius 1 is 0.439 bits per heavy atom. The molecule has 0 spiro atoms. The Bertz CT molecular complexity index is 2150. The molecule has 0 radical (unpaired) electrons. The lowest BCUT2D eigenvalue weighted by atomic mass is 9.93. The van der Waals surface area contributed by atoms with E-state index < -0.39 is 0 Å². The Kier molecular flexibility index (Phi) is 5.36. The topological polar surface area (TPSA) is 9.86 Å². The quantitative estimate of drug-likeness (QED) is 0.216. The van der Waals surface area contributed by atoms with Gasteiger partial charge in [0.1, 0.15) is 0 Å². The van der Waals surface area contributed by atoms with Crippen LogP contribution in [0.25, 0.3) is 66.1 Å². The zero-order valence-electron chi connectivity index (χ0n) is 23.3. The first-order valence-electron chi connectivity index (χ1n) is 14.4. The minimum Gasteiger partial charge on any atom is -0.309 e. The summed E-state index contributed by atoms with van der Waals surface area (Å²) in [4.78, 5) is 0. The summed E-state index contributed by atoms with van der Waals surface area (Å²) >= 11 is 0. The van der Waals surface area contributed by atoms with Crippen molar-refractivity contribution in [1.29, 1.82) is 0 Å². The van der Waals surface area contributed by atoms with Crippen molar-refractivity contribution >= 4 is 43.6 Å². The summed E-state index contributed by atoms with van der Waals surface area (Å²) in [5, 5.41) is 5.14. The highest BCUT2D eigenvalue weighted by Crippen LogP contribution is 2.37. The lowest BCUT2D eigenvalue weighted by Gasteiger charge is -2.17. The molecule has 0 N–H and O–H groups in total. The smallest absolute Gasteiger partial charge is 0.0541 e. The van der Waals surface area contributed by atoms with Gasteiger partial charge < -0.3 is 9.13 Å². The highest BCUT2D eigenvalue weighted by molar-refractivity contribution is 6.10. The van der Waals surface area contributed by atoms with Gasteiger partial charge in [-0.05, 0) is 84.1 Å². The zero-order valence-corrected chi connectivity index (χ0v) is 23.3. The predicted octanol–water partition coefficient (Wildman–Crippen LogP) is 10.4. The summed E-state index contributed by atoms with van der Waals surface area (Å²) in [7, 11) is 0. The summed E-state index contributed by atoms with van der Waals surface area (Å²) in [6, 6.07) is 48.9. The fourth-order valence-corrected chi connectivity index (χ4v) is 6.70. The van der Waals surface area contributed by atoms with Gasteiger partial charge in [0.15, 0.2) is 0 Å². The largest absolute Gasteiger partial charge is 0.309 e. The Morgan fingerprint density at radius 3 is 1.27 bits per heavy atom. The van der Waals surface area contributed by atoms with Crippen LogP contribution in [0.1, 0.15) is 18.1 Å².